The van der Waals surface area contributed by atoms with Gasteiger partial charge in [-0.1, -0.05) is 6.07 Å². The van der Waals surface area contributed by atoms with Gasteiger partial charge in [-0.3, -0.25) is 19.4 Å². The highest BCUT2D eigenvalue weighted by atomic mass is 19.1. The van der Waals surface area contributed by atoms with E-state index in [4.69, 9.17) is 10.5 Å². The van der Waals surface area contributed by atoms with Crippen molar-refractivity contribution in [3.05, 3.63) is 90.0 Å². The maximum absolute atomic E-state index is 14.4. The number of pyridine rings is 1. The lowest BCUT2D eigenvalue weighted by Crippen LogP contribution is -2.32. The molecule has 0 saturated heterocycles. The number of nitrogens with two attached hydrogens (primary N) is 1. The molecule has 8 nitrogen and oxygen atoms in total. The Bertz CT molecular complexity index is 1210. The van der Waals surface area contributed by atoms with Crippen molar-refractivity contribution in [3.63, 3.8) is 0 Å². The van der Waals surface area contributed by atoms with Gasteiger partial charge in [0.1, 0.15) is 5.75 Å². The van der Waals surface area contributed by atoms with Gasteiger partial charge in [-0.15, -0.1) is 0 Å². The smallest absolute Gasteiger partial charge is 0.248 e. The minimum absolute atomic E-state index is 0.0481. The summed E-state index contributed by atoms with van der Waals surface area (Å²) in [5.41, 5.74) is 6.55. The molecular formula is C26H25FN4O4. The molecule has 3 rings (SSSR count). The van der Waals surface area contributed by atoms with Crippen LogP contribution in [-0.4, -0.2) is 40.7 Å². The number of hydrogen-bond acceptors (Lipinski definition) is 5. The van der Waals surface area contributed by atoms with Crippen molar-refractivity contribution in [2.45, 2.75) is 13.3 Å². The maximum Gasteiger partial charge on any atom is 0.248 e. The van der Waals surface area contributed by atoms with E-state index in [-0.39, 0.29) is 30.5 Å². The lowest BCUT2D eigenvalue weighted by atomic mass is 10.2. The zero-order valence-corrected chi connectivity index (χ0v) is 19.1. The number of benzene rings is 2. The van der Waals surface area contributed by atoms with Crippen molar-refractivity contribution in [2.75, 3.05) is 18.4 Å². The molecule has 2 aromatic carbocycles. The summed E-state index contributed by atoms with van der Waals surface area (Å²) in [5, 5.41) is 2.71. The third kappa shape index (κ3) is 7.50. The van der Waals surface area contributed by atoms with Gasteiger partial charge in [-0.25, -0.2) is 4.39 Å². The summed E-state index contributed by atoms with van der Waals surface area (Å²) in [6, 6.07) is 13.9. The highest BCUT2D eigenvalue weighted by Gasteiger charge is 2.12. The molecule has 0 atom stereocenters. The van der Waals surface area contributed by atoms with Gasteiger partial charge in [0, 0.05) is 43.0 Å². The second-order valence-corrected chi connectivity index (χ2v) is 7.47. The summed E-state index contributed by atoms with van der Waals surface area (Å²) < 4.78 is 19.9. The number of nitrogens with zero attached hydrogens (tertiary/aromatic N) is 2. The summed E-state index contributed by atoms with van der Waals surface area (Å²) in [4.78, 5) is 41.3. The lowest BCUT2D eigenvalue weighted by Gasteiger charge is -2.18. The largest absolute Gasteiger partial charge is 0.453 e. The molecule has 0 bridgehead atoms. The predicted molar refractivity (Wildman–Crippen MR) is 130 cm³/mol. The molecule has 0 radical (unpaired) electrons. The molecule has 0 saturated carbocycles. The summed E-state index contributed by atoms with van der Waals surface area (Å²) in [6.07, 6.45) is 5.99. The Morgan fingerprint density at radius 3 is 2.54 bits per heavy atom. The summed E-state index contributed by atoms with van der Waals surface area (Å²) in [7, 11) is 0. The van der Waals surface area contributed by atoms with Crippen LogP contribution in [0.5, 0.6) is 11.5 Å². The monoisotopic (exact) mass is 476 g/mol. The zero-order chi connectivity index (χ0) is 25.2. The Kier molecular flexibility index (Phi) is 8.66. The third-order valence-corrected chi connectivity index (χ3v) is 4.99. The number of likely N-dealkylation sites (N-methyl/N-ethyl adjacent to an activating group) is 1. The molecular weight excluding hydrogens is 451 g/mol. The zero-order valence-electron chi connectivity index (χ0n) is 19.1. The first-order chi connectivity index (χ1) is 16.9. The number of aromatic nitrogens is 1. The van der Waals surface area contributed by atoms with E-state index in [9.17, 15) is 18.8 Å². The van der Waals surface area contributed by atoms with E-state index < -0.39 is 11.7 Å². The van der Waals surface area contributed by atoms with E-state index in [0.29, 0.717) is 29.1 Å². The highest BCUT2D eigenvalue weighted by Crippen LogP contribution is 2.24. The van der Waals surface area contributed by atoms with Crippen molar-refractivity contribution in [1.82, 2.24) is 9.88 Å². The second kappa shape index (κ2) is 12.1. The van der Waals surface area contributed by atoms with E-state index in [1.165, 1.54) is 47.5 Å². The van der Waals surface area contributed by atoms with Crippen LogP contribution < -0.4 is 15.8 Å². The number of halogens is 1. The van der Waals surface area contributed by atoms with Gasteiger partial charge in [0.25, 0.3) is 0 Å². The van der Waals surface area contributed by atoms with Crippen molar-refractivity contribution in [3.8, 4) is 11.5 Å². The van der Waals surface area contributed by atoms with Crippen LogP contribution in [0.1, 0.15) is 29.3 Å². The molecule has 9 heteroatoms. The predicted octanol–water partition coefficient (Wildman–Crippen LogP) is 4.00. The van der Waals surface area contributed by atoms with Crippen LogP contribution in [0.25, 0.3) is 6.08 Å². The average Bonchev–Trinajstić information content (AvgIpc) is 2.85. The fourth-order valence-electron chi connectivity index (χ4n) is 3.11. The first-order valence-corrected chi connectivity index (χ1v) is 10.9. The number of ether oxygens (including phenoxy) is 1. The number of hydrogen-bond donors (Lipinski definition) is 2. The third-order valence-electron chi connectivity index (χ3n) is 4.99. The molecule has 0 aliphatic heterocycles. The van der Waals surface area contributed by atoms with Gasteiger partial charge in [0.15, 0.2) is 11.6 Å². The molecule has 35 heavy (non-hydrogen) atoms. The highest BCUT2D eigenvalue weighted by molar-refractivity contribution is 5.95. The number of anilines is 1. The van der Waals surface area contributed by atoms with Crippen LogP contribution in [0.15, 0.2) is 73.1 Å². The SMILES string of the molecule is CCN(CCC(=O)Nc1ccc(C(N)=O)cc1)C(=O)/C=C/c1ccc(Oc2cccnc2)c(F)c1. The van der Waals surface area contributed by atoms with Gasteiger partial charge in [0.05, 0.1) is 6.20 Å². The van der Waals surface area contributed by atoms with Crippen LogP contribution in [0, 0.1) is 5.82 Å². The quantitative estimate of drug-likeness (QED) is 0.429. The molecule has 0 spiro atoms. The van der Waals surface area contributed by atoms with E-state index in [1.54, 1.807) is 43.5 Å². The molecule has 3 aromatic rings. The molecule has 3 amide bonds. The molecule has 0 unspecified atom stereocenters. The Balaban J connectivity index is 1.52. The Morgan fingerprint density at radius 2 is 1.91 bits per heavy atom. The van der Waals surface area contributed by atoms with Gasteiger partial charge < -0.3 is 20.7 Å². The van der Waals surface area contributed by atoms with E-state index in [2.05, 4.69) is 10.3 Å². The topological polar surface area (TPSA) is 115 Å². The van der Waals surface area contributed by atoms with Crippen LogP contribution in [-0.2, 0) is 9.59 Å². The first kappa shape index (κ1) is 25.1. The number of carbonyl (C=O) groups is 3. The molecule has 1 heterocycles. The first-order valence-electron chi connectivity index (χ1n) is 10.9. The van der Waals surface area contributed by atoms with Crippen molar-refractivity contribution >= 4 is 29.5 Å². The number of amides is 3. The molecule has 0 aliphatic rings. The molecule has 0 aliphatic carbocycles. The van der Waals surface area contributed by atoms with Gasteiger partial charge in [-0.2, -0.15) is 0 Å². The average molecular weight is 477 g/mol. The minimum atomic E-state index is -0.573. The maximum atomic E-state index is 14.4. The Morgan fingerprint density at radius 1 is 1.14 bits per heavy atom. The minimum Gasteiger partial charge on any atom is -0.453 e. The van der Waals surface area contributed by atoms with Crippen molar-refractivity contribution in [2.24, 2.45) is 5.73 Å². The summed E-state index contributed by atoms with van der Waals surface area (Å²) >= 11 is 0. The molecule has 0 fully saturated rings. The van der Waals surface area contributed by atoms with E-state index in [1.807, 2.05) is 0 Å². The molecule has 3 N–H and O–H groups in total. The molecule has 180 valence electrons. The van der Waals surface area contributed by atoms with Gasteiger partial charge in [0.2, 0.25) is 17.7 Å². The lowest BCUT2D eigenvalue weighted by molar-refractivity contribution is -0.126. The standard InChI is InChI=1S/C26H25FN4O4/c1-2-31(15-13-24(32)30-20-9-7-19(8-10-20)26(28)34)25(33)12-6-18-5-11-23(22(27)16-18)35-21-4-3-14-29-17-21/h3-12,14,16-17H,2,13,15H2,1H3,(H2,28,34)(H,30,32)/b12-6+. The van der Waals surface area contributed by atoms with Gasteiger partial charge >= 0.3 is 0 Å². The van der Waals surface area contributed by atoms with Crippen LogP contribution in [0.3, 0.4) is 0 Å². The van der Waals surface area contributed by atoms with Crippen LogP contribution in [0.2, 0.25) is 0 Å². The van der Waals surface area contributed by atoms with Crippen molar-refractivity contribution in [1.29, 1.82) is 0 Å². The number of nitrogens with one attached hydrogen (secondary N) is 1. The normalized spacial score (nSPS) is 10.7. The van der Waals surface area contributed by atoms with Crippen LogP contribution in [0.4, 0.5) is 10.1 Å². The fourth-order valence-corrected chi connectivity index (χ4v) is 3.11. The number of rotatable bonds is 10. The Hall–Kier alpha value is -4.53. The van der Waals surface area contributed by atoms with Crippen LogP contribution >= 0.6 is 0 Å². The van der Waals surface area contributed by atoms with E-state index >= 15 is 0 Å². The molecule has 1 aromatic heterocycles. The summed E-state index contributed by atoms with van der Waals surface area (Å²) in [6.45, 7) is 2.41. The van der Waals surface area contributed by atoms with E-state index in [0.717, 1.165) is 0 Å². The summed E-state index contributed by atoms with van der Waals surface area (Å²) in [5.74, 6) is -1.25. The number of carbonyl (C=O) groups excluding carboxylic acids is 3. The number of primary amides is 1. The second-order valence-electron chi connectivity index (χ2n) is 7.47. The fraction of sp³-hybridized carbons (Fsp3) is 0.154. The van der Waals surface area contributed by atoms with Crippen molar-refractivity contribution < 1.29 is 23.5 Å². The van der Waals surface area contributed by atoms with Gasteiger partial charge in [-0.05, 0) is 67.1 Å². The Labute approximate surface area is 202 Å².